The minimum absolute atomic E-state index is 0.348. The van der Waals surface area contributed by atoms with Crippen molar-refractivity contribution < 1.29 is 0 Å². The van der Waals surface area contributed by atoms with Gasteiger partial charge in [-0.15, -0.1) is 0 Å². The second-order valence-corrected chi connectivity index (χ2v) is 4.93. The molecule has 88 valence electrons. The summed E-state index contributed by atoms with van der Waals surface area (Å²) in [6, 6.07) is 2.54. The van der Waals surface area contributed by atoms with Crippen LogP contribution in [0.1, 0.15) is 50.1 Å². The Bertz CT molecular complexity index is 421. The van der Waals surface area contributed by atoms with E-state index < -0.39 is 0 Å². The van der Waals surface area contributed by atoms with Gasteiger partial charge in [-0.2, -0.15) is 5.26 Å². The number of rotatable bonds is 3. The quantitative estimate of drug-likeness (QED) is 0.849. The molecule has 1 aromatic heterocycles. The molecule has 1 atom stereocenters. The number of aromatic nitrogens is 1. The number of hydrogen-bond acceptors (Lipinski definition) is 2. The van der Waals surface area contributed by atoms with Gasteiger partial charge in [0, 0.05) is 11.7 Å². The molecule has 0 amide bonds. The van der Waals surface area contributed by atoms with Crippen molar-refractivity contribution in [1.82, 2.24) is 4.57 Å². The highest BCUT2D eigenvalue weighted by molar-refractivity contribution is 5.58. The minimum Gasteiger partial charge on any atom is -0.384 e. The fraction of sp³-hybridized carbons (Fsp3) is 0.615. The fourth-order valence-corrected chi connectivity index (χ4v) is 2.35. The van der Waals surface area contributed by atoms with Gasteiger partial charge in [-0.05, 0) is 38.7 Å². The van der Waals surface area contributed by atoms with Crippen molar-refractivity contribution in [3.05, 3.63) is 16.8 Å². The van der Waals surface area contributed by atoms with E-state index in [1.807, 2.05) is 13.8 Å². The van der Waals surface area contributed by atoms with Gasteiger partial charge < -0.3 is 10.3 Å². The Morgan fingerprint density at radius 2 is 1.88 bits per heavy atom. The lowest BCUT2D eigenvalue weighted by atomic mass is 10.0. The fourth-order valence-electron chi connectivity index (χ4n) is 2.35. The summed E-state index contributed by atoms with van der Waals surface area (Å²) in [6.45, 7) is 10.5. The molecule has 1 aromatic rings. The number of nitrogen functional groups attached to an aromatic ring is 1. The second kappa shape index (κ2) is 4.61. The van der Waals surface area contributed by atoms with Gasteiger partial charge in [0.1, 0.15) is 11.9 Å². The maximum absolute atomic E-state index is 9.06. The van der Waals surface area contributed by atoms with E-state index in [2.05, 4.69) is 31.4 Å². The van der Waals surface area contributed by atoms with Crippen LogP contribution in [0.15, 0.2) is 0 Å². The molecule has 1 rings (SSSR count). The molecule has 0 radical (unpaired) electrons. The molecule has 0 spiro atoms. The lowest BCUT2D eigenvalue weighted by Crippen LogP contribution is -2.12. The minimum atomic E-state index is 0.348. The molecule has 0 bridgehead atoms. The van der Waals surface area contributed by atoms with E-state index in [4.69, 9.17) is 11.0 Å². The SMILES string of the molecule is Cc1c(C#N)c(N)n(C(C)CC(C)C)c1C. The van der Waals surface area contributed by atoms with Crippen molar-refractivity contribution >= 4 is 5.82 Å². The zero-order valence-corrected chi connectivity index (χ0v) is 10.8. The largest absolute Gasteiger partial charge is 0.384 e. The van der Waals surface area contributed by atoms with Crippen LogP contribution < -0.4 is 5.73 Å². The summed E-state index contributed by atoms with van der Waals surface area (Å²) < 4.78 is 2.09. The molecule has 0 saturated carbocycles. The molecule has 0 aliphatic carbocycles. The molecule has 3 nitrogen and oxygen atoms in total. The third kappa shape index (κ3) is 2.06. The van der Waals surface area contributed by atoms with Crippen LogP contribution in [0.25, 0.3) is 0 Å². The van der Waals surface area contributed by atoms with Crippen LogP contribution in [0.2, 0.25) is 0 Å². The molecule has 0 fully saturated rings. The first-order valence-corrected chi connectivity index (χ1v) is 5.77. The second-order valence-electron chi connectivity index (χ2n) is 4.93. The van der Waals surface area contributed by atoms with Crippen molar-refractivity contribution in [2.45, 2.75) is 47.1 Å². The van der Waals surface area contributed by atoms with E-state index in [1.54, 1.807) is 0 Å². The number of hydrogen-bond donors (Lipinski definition) is 1. The highest BCUT2D eigenvalue weighted by Gasteiger charge is 2.19. The summed E-state index contributed by atoms with van der Waals surface area (Å²) >= 11 is 0. The van der Waals surface area contributed by atoms with E-state index in [1.165, 1.54) is 0 Å². The number of nitrogens with zero attached hydrogens (tertiary/aromatic N) is 2. The van der Waals surface area contributed by atoms with Crippen LogP contribution in [-0.4, -0.2) is 4.57 Å². The third-order valence-electron chi connectivity index (χ3n) is 3.16. The first-order valence-electron chi connectivity index (χ1n) is 5.77. The van der Waals surface area contributed by atoms with Crippen LogP contribution in [0, 0.1) is 31.1 Å². The van der Waals surface area contributed by atoms with Gasteiger partial charge in [-0.3, -0.25) is 0 Å². The topological polar surface area (TPSA) is 54.7 Å². The molecule has 3 heteroatoms. The van der Waals surface area contributed by atoms with Crippen molar-refractivity contribution in [1.29, 1.82) is 5.26 Å². The normalized spacial score (nSPS) is 12.8. The van der Waals surface area contributed by atoms with Gasteiger partial charge >= 0.3 is 0 Å². The monoisotopic (exact) mass is 219 g/mol. The Morgan fingerprint density at radius 3 is 2.25 bits per heavy atom. The van der Waals surface area contributed by atoms with Crippen LogP contribution in [0.3, 0.4) is 0 Å². The van der Waals surface area contributed by atoms with Gasteiger partial charge in [-0.1, -0.05) is 13.8 Å². The maximum Gasteiger partial charge on any atom is 0.122 e. The molecule has 0 aliphatic heterocycles. The van der Waals surface area contributed by atoms with Gasteiger partial charge in [0.05, 0.1) is 5.56 Å². The van der Waals surface area contributed by atoms with E-state index in [-0.39, 0.29) is 0 Å². The maximum atomic E-state index is 9.06. The van der Waals surface area contributed by atoms with Gasteiger partial charge in [0.2, 0.25) is 0 Å². The van der Waals surface area contributed by atoms with Crippen molar-refractivity contribution in [2.75, 3.05) is 5.73 Å². The lowest BCUT2D eigenvalue weighted by Gasteiger charge is -2.19. The molecule has 0 aliphatic rings. The van der Waals surface area contributed by atoms with E-state index in [0.29, 0.717) is 23.3 Å². The molecule has 0 aromatic carbocycles. The Labute approximate surface area is 97.9 Å². The summed E-state index contributed by atoms with van der Waals surface area (Å²) in [6.07, 6.45) is 1.07. The van der Waals surface area contributed by atoms with Gasteiger partial charge in [-0.25, -0.2) is 0 Å². The average molecular weight is 219 g/mol. The summed E-state index contributed by atoms with van der Waals surface area (Å²) in [5, 5.41) is 9.06. The van der Waals surface area contributed by atoms with Crippen LogP contribution in [-0.2, 0) is 0 Å². The van der Waals surface area contributed by atoms with Crippen LogP contribution in [0.5, 0.6) is 0 Å². The van der Waals surface area contributed by atoms with E-state index in [9.17, 15) is 0 Å². The summed E-state index contributed by atoms with van der Waals surface area (Å²) in [7, 11) is 0. The summed E-state index contributed by atoms with van der Waals surface area (Å²) in [5.74, 6) is 1.24. The average Bonchev–Trinajstić information content (AvgIpc) is 2.37. The predicted molar refractivity (Wildman–Crippen MR) is 67.2 cm³/mol. The van der Waals surface area contributed by atoms with Crippen molar-refractivity contribution in [3.63, 3.8) is 0 Å². The van der Waals surface area contributed by atoms with E-state index in [0.717, 1.165) is 17.7 Å². The number of anilines is 1. The molecular formula is C13H21N3. The highest BCUT2D eigenvalue weighted by Crippen LogP contribution is 2.29. The Morgan fingerprint density at radius 1 is 1.31 bits per heavy atom. The van der Waals surface area contributed by atoms with Gasteiger partial charge in [0.25, 0.3) is 0 Å². The van der Waals surface area contributed by atoms with E-state index >= 15 is 0 Å². The third-order valence-corrected chi connectivity index (χ3v) is 3.16. The number of nitrogens with two attached hydrogens (primary N) is 1. The highest BCUT2D eigenvalue weighted by atomic mass is 15.1. The Balaban J connectivity index is 3.20. The van der Waals surface area contributed by atoms with Crippen LogP contribution >= 0.6 is 0 Å². The molecular weight excluding hydrogens is 198 g/mol. The zero-order chi connectivity index (χ0) is 12.5. The lowest BCUT2D eigenvalue weighted by molar-refractivity contribution is 0.427. The van der Waals surface area contributed by atoms with Crippen LogP contribution in [0.4, 0.5) is 5.82 Å². The Hall–Kier alpha value is -1.43. The first kappa shape index (κ1) is 12.6. The van der Waals surface area contributed by atoms with Gasteiger partial charge in [0.15, 0.2) is 0 Å². The molecule has 1 unspecified atom stereocenters. The molecule has 0 saturated heterocycles. The molecule has 1 heterocycles. The summed E-state index contributed by atoms with van der Waals surface area (Å²) in [5.41, 5.74) is 8.79. The first-order chi connectivity index (χ1) is 7.40. The number of nitriles is 1. The summed E-state index contributed by atoms with van der Waals surface area (Å²) in [4.78, 5) is 0. The molecule has 2 N–H and O–H groups in total. The standard InChI is InChI=1S/C13H21N3/c1-8(2)6-9(3)16-11(5)10(4)12(7-14)13(16)15/h8-9H,6,15H2,1-5H3. The Kier molecular flexibility index (Phi) is 3.64. The van der Waals surface area contributed by atoms with Crippen molar-refractivity contribution in [3.8, 4) is 6.07 Å². The zero-order valence-electron chi connectivity index (χ0n) is 10.8. The van der Waals surface area contributed by atoms with Crippen molar-refractivity contribution in [2.24, 2.45) is 5.92 Å². The molecule has 16 heavy (non-hydrogen) atoms. The predicted octanol–water partition coefficient (Wildman–Crippen LogP) is 3.17. The smallest absolute Gasteiger partial charge is 0.122 e.